The van der Waals surface area contributed by atoms with Crippen molar-refractivity contribution in [3.8, 4) is 0 Å². The highest BCUT2D eigenvalue weighted by Gasteiger charge is 2.17. The van der Waals surface area contributed by atoms with Gasteiger partial charge in [0, 0.05) is 11.4 Å². The monoisotopic (exact) mass is 220 g/mol. The highest BCUT2D eigenvalue weighted by atomic mass is 35.5. The number of hydrogen-bond donors (Lipinski definition) is 1. The summed E-state index contributed by atoms with van der Waals surface area (Å²) < 4.78 is 25.3. The Morgan fingerprint density at radius 1 is 1.57 bits per heavy atom. The second-order valence-corrected chi connectivity index (χ2v) is 3.15. The van der Waals surface area contributed by atoms with Gasteiger partial charge in [0.25, 0.3) is 0 Å². The molecule has 0 fully saturated rings. The van der Waals surface area contributed by atoms with Crippen molar-refractivity contribution in [3.63, 3.8) is 0 Å². The van der Waals surface area contributed by atoms with Crippen LogP contribution in [0.2, 0.25) is 5.02 Å². The molecule has 0 saturated carbocycles. The van der Waals surface area contributed by atoms with Crippen LogP contribution in [0, 0.1) is 5.82 Å². The zero-order valence-corrected chi connectivity index (χ0v) is 7.76. The fraction of sp³-hybridized carbons (Fsp3) is 0.222. The lowest BCUT2D eigenvalue weighted by Crippen LogP contribution is -2.17. The van der Waals surface area contributed by atoms with E-state index >= 15 is 0 Å². The number of alkyl halides is 1. The predicted molar refractivity (Wildman–Crippen MR) is 47.6 cm³/mol. The second-order valence-electron chi connectivity index (χ2n) is 2.75. The fourth-order valence-electron chi connectivity index (χ4n) is 0.968. The first-order chi connectivity index (χ1) is 6.50. The Labute approximate surface area is 84.1 Å². The molecule has 0 aliphatic heterocycles. The number of benzene rings is 1. The van der Waals surface area contributed by atoms with Crippen LogP contribution in [0.1, 0.15) is 5.56 Å². The van der Waals surface area contributed by atoms with E-state index in [0.29, 0.717) is 0 Å². The summed E-state index contributed by atoms with van der Waals surface area (Å²) in [5, 5.41) is 8.33. The SMILES string of the molecule is O=C(O)C(F)Cc1ccc(F)cc1Cl. The van der Waals surface area contributed by atoms with E-state index in [-0.39, 0.29) is 17.0 Å². The number of rotatable bonds is 3. The van der Waals surface area contributed by atoms with Crippen LogP contribution in [0.25, 0.3) is 0 Å². The van der Waals surface area contributed by atoms with Crippen LogP contribution in [0.4, 0.5) is 8.78 Å². The van der Waals surface area contributed by atoms with E-state index in [4.69, 9.17) is 16.7 Å². The lowest BCUT2D eigenvalue weighted by Gasteiger charge is -2.05. The molecule has 0 aliphatic carbocycles. The maximum Gasteiger partial charge on any atom is 0.338 e. The molecule has 1 aromatic carbocycles. The van der Waals surface area contributed by atoms with Gasteiger partial charge in [0.2, 0.25) is 6.17 Å². The summed E-state index contributed by atoms with van der Waals surface area (Å²) in [6.45, 7) is 0. The van der Waals surface area contributed by atoms with Gasteiger partial charge in [0.15, 0.2) is 0 Å². The Morgan fingerprint density at radius 3 is 2.71 bits per heavy atom. The van der Waals surface area contributed by atoms with Crippen molar-refractivity contribution >= 4 is 17.6 Å². The maximum absolute atomic E-state index is 12.7. The summed E-state index contributed by atoms with van der Waals surface area (Å²) >= 11 is 5.58. The summed E-state index contributed by atoms with van der Waals surface area (Å²) in [5.41, 5.74) is 0.281. The minimum absolute atomic E-state index is 0.0360. The van der Waals surface area contributed by atoms with Crippen molar-refractivity contribution in [2.75, 3.05) is 0 Å². The first-order valence-corrected chi connectivity index (χ1v) is 4.19. The molecule has 0 spiro atoms. The quantitative estimate of drug-likeness (QED) is 0.850. The van der Waals surface area contributed by atoms with Gasteiger partial charge in [-0.2, -0.15) is 0 Å². The number of halogens is 3. The molecule has 0 aromatic heterocycles. The lowest BCUT2D eigenvalue weighted by molar-refractivity contribution is -0.142. The van der Waals surface area contributed by atoms with Crippen molar-refractivity contribution in [3.05, 3.63) is 34.6 Å². The first-order valence-electron chi connectivity index (χ1n) is 3.81. The van der Waals surface area contributed by atoms with Gasteiger partial charge in [-0.15, -0.1) is 0 Å². The maximum atomic E-state index is 12.7. The fourth-order valence-corrected chi connectivity index (χ4v) is 1.21. The zero-order valence-electron chi connectivity index (χ0n) is 7.01. The molecule has 0 aliphatic rings. The number of aliphatic carboxylic acids is 1. The van der Waals surface area contributed by atoms with Gasteiger partial charge in [-0.1, -0.05) is 17.7 Å². The van der Waals surface area contributed by atoms with Gasteiger partial charge in [-0.25, -0.2) is 13.6 Å². The summed E-state index contributed by atoms with van der Waals surface area (Å²) in [7, 11) is 0. The van der Waals surface area contributed by atoms with Gasteiger partial charge in [0.1, 0.15) is 5.82 Å². The Hall–Kier alpha value is -1.16. The van der Waals surface area contributed by atoms with Crippen LogP contribution in [0.5, 0.6) is 0 Å². The summed E-state index contributed by atoms with van der Waals surface area (Å²) in [5.74, 6) is -2.09. The van der Waals surface area contributed by atoms with E-state index < -0.39 is 18.0 Å². The highest BCUT2D eigenvalue weighted by molar-refractivity contribution is 6.31. The molecular formula is C9H7ClF2O2. The normalized spacial score (nSPS) is 12.5. The number of carboxylic acid groups (broad SMARTS) is 1. The molecule has 0 bridgehead atoms. The molecular weight excluding hydrogens is 214 g/mol. The third-order valence-electron chi connectivity index (χ3n) is 1.68. The number of hydrogen-bond acceptors (Lipinski definition) is 1. The number of carbonyl (C=O) groups is 1. The van der Waals surface area contributed by atoms with Crippen LogP contribution in [0.15, 0.2) is 18.2 Å². The van der Waals surface area contributed by atoms with Crippen molar-refractivity contribution in [1.29, 1.82) is 0 Å². The van der Waals surface area contributed by atoms with Crippen molar-refractivity contribution in [1.82, 2.24) is 0 Å². The Morgan fingerprint density at radius 2 is 2.21 bits per heavy atom. The minimum atomic E-state index is -2.02. The van der Waals surface area contributed by atoms with E-state index in [0.717, 1.165) is 12.1 Å². The molecule has 14 heavy (non-hydrogen) atoms. The molecule has 1 atom stereocenters. The van der Waals surface area contributed by atoms with Gasteiger partial charge < -0.3 is 5.11 Å². The van der Waals surface area contributed by atoms with E-state index in [9.17, 15) is 13.6 Å². The predicted octanol–water partition coefficient (Wildman–Crippen LogP) is 2.44. The Kier molecular flexibility index (Phi) is 3.41. The van der Waals surface area contributed by atoms with Gasteiger partial charge in [-0.3, -0.25) is 0 Å². The number of carboxylic acids is 1. The molecule has 0 amide bonds. The lowest BCUT2D eigenvalue weighted by atomic mass is 10.1. The van der Waals surface area contributed by atoms with E-state index in [1.807, 2.05) is 0 Å². The smallest absolute Gasteiger partial charge is 0.338 e. The van der Waals surface area contributed by atoms with Crippen LogP contribution < -0.4 is 0 Å². The summed E-state index contributed by atoms with van der Waals surface area (Å²) in [6.07, 6.45) is -2.37. The average molecular weight is 221 g/mol. The van der Waals surface area contributed by atoms with Crippen LogP contribution in [-0.4, -0.2) is 17.2 Å². The standard InChI is InChI=1S/C9H7ClF2O2/c10-7-4-6(11)2-1-5(7)3-8(12)9(13)14/h1-2,4,8H,3H2,(H,13,14). The van der Waals surface area contributed by atoms with Crippen molar-refractivity contribution < 1.29 is 18.7 Å². The molecule has 2 nitrogen and oxygen atoms in total. The van der Waals surface area contributed by atoms with Gasteiger partial charge in [-0.05, 0) is 17.7 Å². The molecule has 0 heterocycles. The summed E-state index contributed by atoms with van der Waals surface area (Å²) in [4.78, 5) is 10.2. The second kappa shape index (κ2) is 4.37. The van der Waals surface area contributed by atoms with Crippen LogP contribution in [-0.2, 0) is 11.2 Å². The third-order valence-corrected chi connectivity index (χ3v) is 2.03. The molecule has 76 valence electrons. The van der Waals surface area contributed by atoms with E-state index in [1.165, 1.54) is 6.07 Å². The first kappa shape index (κ1) is 10.9. The topological polar surface area (TPSA) is 37.3 Å². The minimum Gasteiger partial charge on any atom is -0.479 e. The highest BCUT2D eigenvalue weighted by Crippen LogP contribution is 2.19. The molecule has 5 heteroatoms. The summed E-state index contributed by atoms with van der Waals surface area (Å²) in [6, 6.07) is 3.40. The molecule has 0 radical (unpaired) electrons. The molecule has 1 rings (SSSR count). The molecule has 1 aromatic rings. The molecule has 0 saturated heterocycles. The largest absolute Gasteiger partial charge is 0.479 e. The van der Waals surface area contributed by atoms with E-state index in [1.54, 1.807) is 0 Å². The van der Waals surface area contributed by atoms with E-state index in [2.05, 4.69) is 0 Å². The van der Waals surface area contributed by atoms with Crippen molar-refractivity contribution in [2.24, 2.45) is 0 Å². The average Bonchev–Trinajstić information content (AvgIpc) is 2.09. The molecule has 1 unspecified atom stereocenters. The Bertz CT molecular complexity index is 355. The van der Waals surface area contributed by atoms with Crippen molar-refractivity contribution in [2.45, 2.75) is 12.6 Å². The Balaban J connectivity index is 2.82. The third kappa shape index (κ3) is 2.67. The van der Waals surface area contributed by atoms with Crippen LogP contribution >= 0.6 is 11.6 Å². The van der Waals surface area contributed by atoms with Crippen LogP contribution in [0.3, 0.4) is 0 Å². The molecule has 1 N–H and O–H groups in total. The zero-order chi connectivity index (χ0) is 10.7. The van der Waals surface area contributed by atoms with Gasteiger partial charge >= 0.3 is 5.97 Å². The van der Waals surface area contributed by atoms with Gasteiger partial charge in [0.05, 0.1) is 0 Å².